The van der Waals surface area contributed by atoms with Crippen molar-refractivity contribution in [2.75, 3.05) is 6.61 Å². The molecule has 1 aromatic heterocycles. The van der Waals surface area contributed by atoms with Gasteiger partial charge in [0.2, 0.25) is 0 Å². The average Bonchev–Trinajstić information content (AvgIpc) is 2.90. The van der Waals surface area contributed by atoms with Gasteiger partial charge in [-0.1, -0.05) is 25.2 Å². The predicted molar refractivity (Wildman–Crippen MR) is 63.4 cm³/mol. The van der Waals surface area contributed by atoms with Gasteiger partial charge in [0.05, 0.1) is 19.0 Å². The second-order valence-corrected chi connectivity index (χ2v) is 4.58. The van der Waals surface area contributed by atoms with E-state index in [1.807, 2.05) is 6.26 Å². The van der Waals surface area contributed by atoms with Crippen molar-refractivity contribution in [3.05, 3.63) is 41.4 Å². The van der Waals surface area contributed by atoms with Crippen LogP contribution in [0.3, 0.4) is 0 Å². The minimum absolute atomic E-state index is 0.236. The number of fused-ring (bicyclic) bond motifs is 1. The highest BCUT2D eigenvalue weighted by molar-refractivity contribution is 5.54. The van der Waals surface area contributed by atoms with Crippen LogP contribution in [0.2, 0.25) is 0 Å². The highest BCUT2D eigenvalue weighted by Crippen LogP contribution is 2.34. The van der Waals surface area contributed by atoms with E-state index < -0.39 is 0 Å². The van der Waals surface area contributed by atoms with Crippen molar-refractivity contribution in [2.24, 2.45) is 0 Å². The lowest BCUT2D eigenvalue weighted by molar-refractivity contribution is 0.128. The Labute approximate surface area is 95.6 Å². The van der Waals surface area contributed by atoms with E-state index in [4.69, 9.17) is 9.15 Å². The Morgan fingerprint density at radius 2 is 2.31 bits per heavy atom. The van der Waals surface area contributed by atoms with Gasteiger partial charge in [0, 0.05) is 12.0 Å². The van der Waals surface area contributed by atoms with Crippen molar-refractivity contribution < 1.29 is 9.15 Å². The SMILES string of the molecule is CC1CC=Cc2occ(CC3C=CCO3)c21. The highest BCUT2D eigenvalue weighted by atomic mass is 16.5. The number of hydrogen-bond acceptors (Lipinski definition) is 2. The van der Waals surface area contributed by atoms with Gasteiger partial charge in [0.25, 0.3) is 0 Å². The summed E-state index contributed by atoms with van der Waals surface area (Å²) in [5.41, 5.74) is 2.69. The van der Waals surface area contributed by atoms with Crippen molar-refractivity contribution in [1.82, 2.24) is 0 Å². The first-order chi connectivity index (χ1) is 7.84. The molecule has 3 rings (SSSR count). The molecule has 2 unspecified atom stereocenters. The molecule has 0 fully saturated rings. The van der Waals surface area contributed by atoms with Crippen molar-refractivity contribution in [3.8, 4) is 0 Å². The Morgan fingerprint density at radius 1 is 1.38 bits per heavy atom. The quantitative estimate of drug-likeness (QED) is 0.708. The molecule has 1 aliphatic carbocycles. The van der Waals surface area contributed by atoms with Gasteiger partial charge in [-0.2, -0.15) is 0 Å². The van der Waals surface area contributed by atoms with Crippen molar-refractivity contribution in [2.45, 2.75) is 31.8 Å². The Bertz CT molecular complexity index is 440. The molecule has 2 aliphatic rings. The van der Waals surface area contributed by atoms with Crippen LogP contribution in [0.4, 0.5) is 0 Å². The van der Waals surface area contributed by atoms with Gasteiger partial charge < -0.3 is 9.15 Å². The molecule has 0 amide bonds. The molecule has 1 aliphatic heterocycles. The summed E-state index contributed by atoms with van der Waals surface area (Å²) in [5, 5.41) is 0. The monoisotopic (exact) mass is 216 g/mol. The fraction of sp³-hybridized carbons (Fsp3) is 0.429. The second-order valence-electron chi connectivity index (χ2n) is 4.58. The van der Waals surface area contributed by atoms with Gasteiger partial charge in [-0.15, -0.1) is 0 Å². The summed E-state index contributed by atoms with van der Waals surface area (Å²) in [5.74, 6) is 1.61. The number of allylic oxidation sites excluding steroid dienone is 1. The third-order valence-corrected chi connectivity index (χ3v) is 3.37. The van der Waals surface area contributed by atoms with Gasteiger partial charge in [-0.05, 0) is 24.0 Å². The maximum absolute atomic E-state index is 5.60. The second kappa shape index (κ2) is 3.95. The van der Waals surface area contributed by atoms with Crippen molar-refractivity contribution >= 4 is 6.08 Å². The molecular formula is C14H16O2. The zero-order chi connectivity index (χ0) is 11.0. The molecule has 0 aromatic carbocycles. The van der Waals surface area contributed by atoms with E-state index in [1.165, 1.54) is 11.1 Å². The molecule has 16 heavy (non-hydrogen) atoms. The van der Waals surface area contributed by atoms with E-state index in [0.29, 0.717) is 5.92 Å². The molecule has 84 valence electrons. The average molecular weight is 216 g/mol. The smallest absolute Gasteiger partial charge is 0.130 e. The lowest BCUT2D eigenvalue weighted by Crippen LogP contribution is -2.10. The van der Waals surface area contributed by atoms with Crippen LogP contribution in [0.5, 0.6) is 0 Å². The summed E-state index contributed by atoms with van der Waals surface area (Å²) in [6, 6.07) is 0. The largest absolute Gasteiger partial charge is 0.464 e. The molecule has 2 heteroatoms. The van der Waals surface area contributed by atoms with E-state index in [-0.39, 0.29) is 6.10 Å². The summed E-state index contributed by atoms with van der Waals surface area (Å²) in [6.45, 7) is 3.01. The van der Waals surface area contributed by atoms with Gasteiger partial charge in [-0.25, -0.2) is 0 Å². The minimum atomic E-state index is 0.236. The van der Waals surface area contributed by atoms with E-state index >= 15 is 0 Å². The predicted octanol–water partition coefficient (Wildman–Crippen LogP) is 3.30. The molecule has 0 saturated heterocycles. The van der Waals surface area contributed by atoms with Gasteiger partial charge in [-0.3, -0.25) is 0 Å². The number of rotatable bonds is 2. The standard InChI is InChI=1S/C14H16O2/c1-10-4-2-6-13-14(10)11(9-16-13)8-12-5-3-7-15-12/h2-3,5-6,9-10,12H,4,7-8H2,1H3. The van der Waals surface area contributed by atoms with Crippen LogP contribution < -0.4 is 0 Å². The highest BCUT2D eigenvalue weighted by Gasteiger charge is 2.22. The molecule has 0 bridgehead atoms. The maximum Gasteiger partial charge on any atom is 0.130 e. The van der Waals surface area contributed by atoms with Gasteiger partial charge in [0.15, 0.2) is 0 Å². The molecule has 2 atom stereocenters. The number of ether oxygens (including phenoxy) is 1. The molecule has 0 N–H and O–H groups in total. The van der Waals surface area contributed by atoms with Crippen molar-refractivity contribution in [1.29, 1.82) is 0 Å². The molecule has 2 heterocycles. The summed E-state index contributed by atoms with van der Waals surface area (Å²) >= 11 is 0. The molecule has 1 aromatic rings. The normalized spacial score (nSPS) is 27.3. The summed E-state index contributed by atoms with van der Waals surface area (Å²) in [6.07, 6.45) is 12.7. The van der Waals surface area contributed by atoms with Crippen molar-refractivity contribution in [3.63, 3.8) is 0 Å². The first-order valence-electron chi connectivity index (χ1n) is 5.89. The zero-order valence-corrected chi connectivity index (χ0v) is 9.48. The lowest BCUT2D eigenvalue weighted by atomic mass is 9.89. The van der Waals surface area contributed by atoms with Crippen LogP contribution in [0.1, 0.15) is 36.1 Å². The minimum Gasteiger partial charge on any atom is -0.464 e. The van der Waals surface area contributed by atoms with Gasteiger partial charge in [0.1, 0.15) is 5.76 Å². The van der Waals surface area contributed by atoms with Crippen LogP contribution in [0.15, 0.2) is 28.9 Å². The molecule has 0 saturated carbocycles. The van der Waals surface area contributed by atoms with E-state index in [0.717, 1.165) is 25.2 Å². The topological polar surface area (TPSA) is 22.4 Å². The summed E-state index contributed by atoms with van der Waals surface area (Å²) in [7, 11) is 0. The number of hydrogen-bond donors (Lipinski definition) is 0. The Kier molecular flexibility index (Phi) is 2.44. The van der Waals surface area contributed by atoms with E-state index in [9.17, 15) is 0 Å². The van der Waals surface area contributed by atoms with E-state index in [2.05, 4.69) is 31.2 Å². The molecular weight excluding hydrogens is 200 g/mol. The third kappa shape index (κ3) is 1.63. The molecule has 2 nitrogen and oxygen atoms in total. The van der Waals surface area contributed by atoms with Crippen LogP contribution in [0.25, 0.3) is 6.08 Å². The maximum atomic E-state index is 5.60. The zero-order valence-electron chi connectivity index (χ0n) is 9.48. The Balaban J connectivity index is 1.87. The Morgan fingerprint density at radius 3 is 3.12 bits per heavy atom. The van der Waals surface area contributed by atoms with Crippen LogP contribution in [-0.2, 0) is 11.2 Å². The summed E-state index contributed by atoms with van der Waals surface area (Å²) in [4.78, 5) is 0. The number of furan rings is 1. The fourth-order valence-corrected chi connectivity index (χ4v) is 2.55. The first-order valence-corrected chi connectivity index (χ1v) is 5.89. The molecule has 0 radical (unpaired) electrons. The molecule has 0 spiro atoms. The van der Waals surface area contributed by atoms with E-state index in [1.54, 1.807) is 0 Å². The van der Waals surface area contributed by atoms with Crippen LogP contribution in [0, 0.1) is 0 Å². The van der Waals surface area contributed by atoms with Crippen LogP contribution >= 0.6 is 0 Å². The lowest BCUT2D eigenvalue weighted by Gasteiger charge is -2.16. The van der Waals surface area contributed by atoms with Crippen LogP contribution in [-0.4, -0.2) is 12.7 Å². The summed E-state index contributed by atoms with van der Waals surface area (Å²) < 4.78 is 11.2. The Hall–Kier alpha value is -1.28. The fourth-order valence-electron chi connectivity index (χ4n) is 2.55. The third-order valence-electron chi connectivity index (χ3n) is 3.37. The van der Waals surface area contributed by atoms with Gasteiger partial charge >= 0.3 is 0 Å². The first kappa shape index (κ1) is 9.91.